The lowest BCUT2D eigenvalue weighted by molar-refractivity contribution is -0.00894. The topological polar surface area (TPSA) is 67.3 Å². The van der Waals surface area contributed by atoms with E-state index in [0.29, 0.717) is 24.7 Å². The molecule has 1 unspecified atom stereocenters. The van der Waals surface area contributed by atoms with E-state index in [4.69, 9.17) is 19.7 Å². The zero-order chi connectivity index (χ0) is 13.0. The molecule has 1 heterocycles. The van der Waals surface area contributed by atoms with Crippen molar-refractivity contribution in [1.82, 2.24) is 4.90 Å². The highest BCUT2D eigenvalue weighted by molar-refractivity contribution is 6.04. The summed E-state index contributed by atoms with van der Waals surface area (Å²) in [6, 6.07) is -0.000602. The molecule has 0 aromatic heterocycles. The Balaban J connectivity index is 0.00000180. The molecule has 1 aliphatic carbocycles. The molecular formula is C12H18ClN3O3. The van der Waals surface area contributed by atoms with E-state index in [1.165, 1.54) is 0 Å². The molecule has 19 heavy (non-hydrogen) atoms. The van der Waals surface area contributed by atoms with Gasteiger partial charge in [-0.2, -0.15) is 4.79 Å². The van der Waals surface area contributed by atoms with Crippen LogP contribution in [-0.4, -0.2) is 62.0 Å². The fourth-order valence-corrected chi connectivity index (χ4v) is 2.17. The van der Waals surface area contributed by atoms with Gasteiger partial charge in [0.1, 0.15) is 5.76 Å². The Morgan fingerprint density at radius 1 is 1.32 bits per heavy atom. The van der Waals surface area contributed by atoms with Crippen LogP contribution in [0.4, 0.5) is 0 Å². The molecule has 0 amide bonds. The van der Waals surface area contributed by atoms with E-state index in [1.54, 1.807) is 20.3 Å². The third kappa shape index (κ3) is 3.36. The fourth-order valence-electron chi connectivity index (χ4n) is 2.17. The van der Waals surface area contributed by atoms with Crippen molar-refractivity contribution in [2.24, 2.45) is 0 Å². The minimum atomic E-state index is -0.000602. The van der Waals surface area contributed by atoms with Gasteiger partial charge in [-0.05, 0) is 6.08 Å². The summed E-state index contributed by atoms with van der Waals surface area (Å²) in [4.78, 5) is 5.44. The maximum atomic E-state index is 8.94. The zero-order valence-electron chi connectivity index (χ0n) is 11.0. The van der Waals surface area contributed by atoms with Gasteiger partial charge in [0.2, 0.25) is 5.76 Å². The van der Waals surface area contributed by atoms with Gasteiger partial charge in [0.15, 0.2) is 0 Å². The Bertz CT molecular complexity index is 424. The molecule has 0 radical (unpaired) electrons. The number of hydrogen-bond donors (Lipinski definition) is 0. The summed E-state index contributed by atoms with van der Waals surface area (Å²) >= 11 is 0. The van der Waals surface area contributed by atoms with E-state index in [9.17, 15) is 0 Å². The van der Waals surface area contributed by atoms with Crippen molar-refractivity contribution in [2.45, 2.75) is 6.04 Å². The predicted octanol–water partition coefficient (Wildman–Crippen LogP) is 0.854. The summed E-state index contributed by atoms with van der Waals surface area (Å²) in [6.07, 6.45) is 3.60. The summed E-state index contributed by atoms with van der Waals surface area (Å²) in [5.41, 5.74) is 9.31. The molecule has 6 nitrogen and oxygen atoms in total. The smallest absolute Gasteiger partial charge is 0.359 e. The van der Waals surface area contributed by atoms with Crippen molar-refractivity contribution in [1.29, 1.82) is 0 Å². The van der Waals surface area contributed by atoms with E-state index in [0.717, 1.165) is 18.8 Å². The Labute approximate surface area is 118 Å². The second-order valence-corrected chi connectivity index (χ2v) is 4.06. The van der Waals surface area contributed by atoms with Crippen LogP contribution in [0.15, 0.2) is 23.7 Å². The van der Waals surface area contributed by atoms with E-state index in [2.05, 4.69) is 9.69 Å². The van der Waals surface area contributed by atoms with Crippen LogP contribution in [0.5, 0.6) is 0 Å². The Morgan fingerprint density at radius 2 is 2.00 bits per heavy atom. The lowest BCUT2D eigenvalue weighted by Gasteiger charge is -2.34. The van der Waals surface area contributed by atoms with Crippen LogP contribution in [0.2, 0.25) is 0 Å². The quantitative estimate of drug-likeness (QED) is 0.570. The van der Waals surface area contributed by atoms with Gasteiger partial charge in [-0.1, -0.05) is 0 Å². The van der Waals surface area contributed by atoms with Crippen molar-refractivity contribution in [3.8, 4) is 0 Å². The van der Waals surface area contributed by atoms with E-state index in [1.807, 2.05) is 6.08 Å². The second-order valence-electron chi connectivity index (χ2n) is 4.06. The number of halogens is 1. The van der Waals surface area contributed by atoms with Crippen molar-refractivity contribution in [3.05, 3.63) is 29.2 Å². The number of methoxy groups -OCH3 is 2. The minimum absolute atomic E-state index is 0. The molecule has 1 atom stereocenters. The molecule has 106 valence electrons. The fraction of sp³-hybridized carbons (Fsp3) is 0.583. The highest BCUT2D eigenvalue weighted by atomic mass is 35.5. The number of hydrogen-bond acceptors (Lipinski definition) is 4. The normalized spacial score (nSPS) is 23.7. The molecule has 0 bridgehead atoms. The van der Waals surface area contributed by atoms with E-state index in [-0.39, 0.29) is 18.4 Å². The van der Waals surface area contributed by atoms with Crippen LogP contribution < -0.4 is 0 Å². The number of nitrogens with zero attached hydrogens (tertiary/aromatic N) is 3. The second kappa shape index (κ2) is 7.31. The van der Waals surface area contributed by atoms with Gasteiger partial charge in [0.25, 0.3) is 0 Å². The molecule has 0 N–H and O–H groups in total. The number of allylic oxidation sites excluding steroid dienone is 1. The standard InChI is InChI=1S/C12H17N3O3.ClH/c1-16-11-8-10(15-3-5-18-6-4-15)12(17-2)7-9(11)14-13;/h7-8,10H,3-6H2,1-2H3;1H. The number of morpholine rings is 1. The molecule has 1 fully saturated rings. The first-order valence-electron chi connectivity index (χ1n) is 5.85. The molecule has 2 aliphatic rings. The van der Waals surface area contributed by atoms with Gasteiger partial charge in [-0.25, -0.2) is 0 Å². The zero-order valence-corrected chi connectivity index (χ0v) is 11.9. The lowest BCUT2D eigenvalue weighted by atomic mass is 10.0. The van der Waals surface area contributed by atoms with Crippen LogP contribution in [0, 0.1) is 0 Å². The molecular weight excluding hydrogens is 270 g/mol. The maximum Gasteiger partial charge on any atom is 0.359 e. The summed E-state index contributed by atoms with van der Waals surface area (Å²) in [6.45, 7) is 3.10. The van der Waals surface area contributed by atoms with Crippen LogP contribution in [0.3, 0.4) is 0 Å². The monoisotopic (exact) mass is 287 g/mol. The lowest BCUT2D eigenvalue weighted by Crippen LogP contribution is -2.45. The molecule has 7 heteroatoms. The SMILES string of the molecule is COC1=CC(N2CCOCC2)C(OC)=CC1=[N+]=[N-].Cl. The first kappa shape index (κ1) is 15.7. The number of ether oxygens (including phenoxy) is 3. The van der Waals surface area contributed by atoms with Gasteiger partial charge in [-0.3, -0.25) is 4.90 Å². The van der Waals surface area contributed by atoms with Crippen LogP contribution in [0.1, 0.15) is 0 Å². The minimum Gasteiger partial charge on any atom is -0.499 e. The molecule has 0 aromatic rings. The van der Waals surface area contributed by atoms with Crippen LogP contribution in [-0.2, 0) is 14.2 Å². The van der Waals surface area contributed by atoms with Gasteiger partial charge in [0, 0.05) is 13.1 Å². The maximum absolute atomic E-state index is 8.94. The van der Waals surface area contributed by atoms with Crippen molar-refractivity contribution < 1.29 is 19.0 Å². The average Bonchev–Trinajstić information content (AvgIpc) is 2.46. The summed E-state index contributed by atoms with van der Waals surface area (Å²) in [7, 11) is 3.17. The molecule has 1 saturated heterocycles. The summed E-state index contributed by atoms with van der Waals surface area (Å²) in [5.74, 6) is 1.29. The van der Waals surface area contributed by atoms with Crippen molar-refractivity contribution in [2.75, 3.05) is 40.5 Å². The van der Waals surface area contributed by atoms with Crippen molar-refractivity contribution in [3.63, 3.8) is 0 Å². The molecule has 1 aliphatic heterocycles. The van der Waals surface area contributed by atoms with Crippen molar-refractivity contribution >= 4 is 18.1 Å². The van der Waals surface area contributed by atoms with Gasteiger partial charge in [-0.15, -0.1) is 12.4 Å². The molecule has 0 saturated carbocycles. The third-order valence-corrected chi connectivity index (χ3v) is 3.13. The Kier molecular flexibility index (Phi) is 6.05. The summed E-state index contributed by atoms with van der Waals surface area (Å²) in [5, 5.41) is 0. The van der Waals surface area contributed by atoms with Gasteiger partial charge in [0.05, 0.1) is 39.6 Å². The molecule has 2 rings (SSSR count). The largest absolute Gasteiger partial charge is 0.499 e. The third-order valence-electron chi connectivity index (χ3n) is 3.13. The Morgan fingerprint density at radius 3 is 2.53 bits per heavy atom. The first-order chi connectivity index (χ1) is 8.80. The van der Waals surface area contributed by atoms with Crippen LogP contribution in [0.25, 0.3) is 5.53 Å². The van der Waals surface area contributed by atoms with Gasteiger partial charge >= 0.3 is 5.71 Å². The van der Waals surface area contributed by atoms with E-state index >= 15 is 0 Å². The highest BCUT2D eigenvalue weighted by Gasteiger charge is 2.32. The van der Waals surface area contributed by atoms with E-state index < -0.39 is 0 Å². The highest BCUT2D eigenvalue weighted by Crippen LogP contribution is 2.22. The molecule has 0 spiro atoms. The van der Waals surface area contributed by atoms with Crippen LogP contribution >= 0.6 is 12.4 Å². The Hall–Kier alpha value is -1.33. The van der Waals surface area contributed by atoms with Gasteiger partial charge < -0.3 is 19.7 Å². The average molecular weight is 288 g/mol. The first-order valence-corrected chi connectivity index (χ1v) is 5.85. The predicted molar refractivity (Wildman–Crippen MR) is 72.2 cm³/mol. The number of rotatable bonds is 3. The summed E-state index contributed by atoms with van der Waals surface area (Å²) < 4.78 is 15.9. The molecule has 0 aromatic carbocycles.